The van der Waals surface area contributed by atoms with Crippen LogP contribution in [0.4, 0.5) is 0 Å². The lowest BCUT2D eigenvalue weighted by atomic mass is 10.2. The molecular formula is C12H16N4O2S2. The highest BCUT2D eigenvalue weighted by molar-refractivity contribution is 7.71. The smallest absolute Gasteiger partial charge is 0.272 e. The number of nitrogens with zero attached hydrogens (tertiary/aromatic N) is 1. The summed E-state index contributed by atoms with van der Waals surface area (Å²) in [7, 11) is 0. The lowest BCUT2D eigenvalue weighted by Crippen LogP contribution is -2.29. The molecule has 6 nitrogen and oxygen atoms in total. The second-order valence-corrected chi connectivity index (χ2v) is 5.73. The molecule has 2 aromatic rings. The van der Waals surface area contributed by atoms with Crippen LogP contribution in [0, 0.1) is 4.77 Å². The molecule has 0 saturated heterocycles. The van der Waals surface area contributed by atoms with E-state index in [0.29, 0.717) is 22.4 Å². The zero-order chi connectivity index (χ0) is 14.5. The molecule has 0 spiro atoms. The monoisotopic (exact) mass is 312 g/mol. The fraction of sp³-hybridized carbons (Fsp3) is 0.417. The van der Waals surface area contributed by atoms with E-state index in [1.807, 2.05) is 11.4 Å². The van der Waals surface area contributed by atoms with Gasteiger partial charge in [0.05, 0.1) is 5.52 Å². The first-order valence-corrected chi connectivity index (χ1v) is 7.62. The topological polar surface area (TPSA) is 92.9 Å². The maximum absolute atomic E-state index is 12.2. The van der Waals surface area contributed by atoms with Gasteiger partial charge in [0.25, 0.3) is 5.56 Å². The van der Waals surface area contributed by atoms with Gasteiger partial charge < -0.3 is 4.98 Å². The third-order valence-corrected chi connectivity index (χ3v) is 4.26. The zero-order valence-electron chi connectivity index (χ0n) is 10.8. The lowest BCUT2D eigenvalue weighted by Gasteiger charge is -2.06. The van der Waals surface area contributed by atoms with Crippen LogP contribution < -0.4 is 16.8 Å². The Morgan fingerprint density at radius 3 is 3.00 bits per heavy atom. The fourth-order valence-electron chi connectivity index (χ4n) is 1.98. The van der Waals surface area contributed by atoms with Gasteiger partial charge in [0.15, 0.2) is 4.77 Å². The molecule has 0 saturated carbocycles. The first-order valence-electron chi connectivity index (χ1n) is 6.33. The zero-order valence-corrected chi connectivity index (χ0v) is 12.5. The Morgan fingerprint density at radius 2 is 2.25 bits per heavy atom. The van der Waals surface area contributed by atoms with E-state index in [1.54, 1.807) is 4.57 Å². The first kappa shape index (κ1) is 14.9. The third kappa shape index (κ3) is 3.33. The van der Waals surface area contributed by atoms with Gasteiger partial charge in [0.1, 0.15) is 4.70 Å². The molecule has 0 aliphatic heterocycles. The molecule has 108 valence electrons. The summed E-state index contributed by atoms with van der Waals surface area (Å²) in [5, 5.41) is 1.87. The maximum atomic E-state index is 12.2. The van der Waals surface area contributed by atoms with Gasteiger partial charge in [0.2, 0.25) is 5.91 Å². The van der Waals surface area contributed by atoms with Gasteiger partial charge in [-0.25, -0.2) is 5.84 Å². The van der Waals surface area contributed by atoms with Crippen LogP contribution in [-0.2, 0) is 11.3 Å². The molecular weight excluding hydrogens is 296 g/mol. The number of hydrazine groups is 1. The van der Waals surface area contributed by atoms with Gasteiger partial charge in [-0.1, -0.05) is 6.42 Å². The molecule has 0 unspecified atom stereocenters. The van der Waals surface area contributed by atoms with Crippen molar-refractivity contribution in [3.63, 3.8) is 0 Å². The number of unbranched alkanes of at least 4 members (excludes halogenated alkanes) is 2. The number of aromatic amines is 1. The van der Waals surface area contributed by atoms with Crippen LogP contribution in [0.25, 0.3) is 10.2 Å². The highest BCUT2D eigenvalue weighted by atomic mass is 32.1. The Bertz CT molecular complexity index is 716. The number of amides is 1. The number of H-pyrrole nitrogens is 1. The van der Waals surface area contributed by atoms with Crippen molar-refractivity contribution < 1.29 is 4.79 Å². The third-order valence-electron chi connectivity index (χ3n) is 3.04. The summed E-state index contributed by atoms with van der Waals surface area (Å²) in [6.07, 6.45) is 2.79. The van der Waals surface area contributed by atoms with E-state index in [9.17, 15) is 9.59 Å². The standard InChI is InChI=1S/C12H16N4O2S2/c13-15-9(17)4-2-1-3-6-16-11(18)10-8(5-7-20-10)14-12(16)19/h5,7H,1-4,6,13H2,(H,14,19)(H,15,17). The molecule has 0 bridgehead atoms. The second-order valence-electron chi connectivity index (χ2n) is 4.43. The Hall–Kier alpha value is -1.51. The molecule has 0 aliphatic carbocycles. The molecule has 8 heteroatoms. The quantitative estimate of drug-likeness (QED) is 0.249. The largest absolute Gasteiger partial charge is 0.331 e. The Morgan fingerprint density at radius 1 is 1.45 bits per heavy atom. The molecule has 0 fully saturated rings. The highest BCUT2D eigenvalue weighted by Gasteiger charge is 2.06. The van der Waals surface area contributed by atoms with E-state index < -0.39 is 0 Å². The molecule has 2 heterocycles. The number of hydrogen-bond donors (Lipinski definition) is 3. The number of fused-ring (bicyclic) bond motifs is 1. The van der Waals surface area contributed by atoms with Crippen LogP contribution in [0.3, 0.4) is 0 Å². The molecule has 0 atom stereocenters. The Balaban J connectivity index is 1.98. The van der Waals surface area contributed by atoms with E-state index in [2.05, 4.69) is 10.4 Å². The summed E-state index contributed by atoms with van der Waals surface area (Å²) in [4.78, 5) is 26.2. The lowest BCUT2D eigenvalue weighted by molar-refractivity contribution is -0.121. The van der Waals surface area contributed by atoms with Crippen LogP contribution in [-0.4, -0.2) is 15.5 Å². The highest BCUT2D eigenvalue weighted by Crippen LogP contribution is 2.14. The molecule has 0 aliphatic rings. The number of thiophene rings is 1. The van der Waals surface area contributed by atoms with Crippen molar-refractivity contribution in [2.24, 2.45) is 5.84 Å². The van der Waals surface area contributed by atoms with Gasteiger partial charge in [-0.2, -0.15) is 0 Å². The molecule has 0 aromatic carbocycles. The minimum Gasteiger partial charge on any atom is -0.331 e. The van der Waals surface area contributed by atoms with E-state index in [-0.39, 0.29) is 11.5 Å². The summed E-state index contributed by atoms with van der Waals surface area (Å²) < 4.78 is 2.72. The van der Waals surface area contributed by atoms with E-state index in [4.69, 9.17) is 18.1 Å². The molecule has 0 radical (unpaired) electrons. The van der Waals surface area contributed by atoms with Crippen molar-refractivity contribution in [1.82, 2.24) is 15.0 Å². The van der Waals surface area contributed by atoms with E-state index in [0.717, 1.165) is 24.8 Å². The predicted molar refractivity (Wildman–Crippen MR) is 82.1 cm³/mol. The number of aromatic nitrogens is 2. The average molecular weight is 312 g/mol. The number of nitrogens with two attached hydrogens (primary N) is 1. The van der Waals surface area contributed by atoms with Crippen molar-refractivity contribution in [2.45, 2.75) is 32.2 Å². The van der Waals surface area contributed by atoms with Crippen LogP contribution in [0.5, 0.6) is 0 Å². The van der Waals surface area contributed by atoms with Crippen molar-refractivity contribution in [1.29, 1.82) is 0 Å². The minimum absolute atomic E-state index is 0.0431. The van der Waals surface area contributed by atoms with Gasteiger partial charge in [-0.3, -0.25) is 19.6 Å². The van der Waals surface area contributed by atoms with Crippen LogP contribution in [0.1, 0.15) is 25.7 Å². The molecule has 2 rings (SSSR count). The molecule has 1 amide bonds. The fourth-order valence-corrected chi connectivity index (χ4v) is 3.06. The second kappa shape index (κ2) is 6.78. The Labute approximate surface area is 124 Å². The summed E-state index contributed by atoms with van der Waals surface area (Å²) in [5.74, 6) is 4.83. The van der Waals surface area contributed by atoms with Gasteiger partial charge in [0, 0.05) is 13.0 Å². The van der Waals surface area contributed by atoms with Crippen LogP contribution >= 0.6 is 23.6 Å². The van der Waals surface area contributed by atoms with E-state index in [1.165, 1.54) is 11.3 Å². The number of carbonyl (C=O) groups is 1. The summed E-state index contributed by atoms with van der Waals surface area (Å²) in [6.45, 7) is 0.562. The van der Waals surface area contributed by atoms with Crippen molar-refractivity contribution in [3.8, 4) is 0 Å². The predicted octanol–water partition coefficient (Wildman–Crippen LogP) is 1.67. The van der Waals surface area contributed by atoms with E-state index >= 15 is 0 Å². The van der Waals surface area contributed by atoms with Crippen LogP contribution in [0.15, 0.2) is 16.2 Å². The number of rotatable bonds is 6. The van der Waals surface area contributed by atoms with Crippen molar-refractivity contribution >= 4 is 39.7 Å². The summed E-state index contributed by atoms with van der Waals surface area (Å²) in [6, 6.07) is 1.85. The maximum Gasteiger partial charge on any atom is 0.272 e. The minimum atomic E-state index is -0.167. The van der Waals surface area contributed by atoms with Crippen molar-refractivity contribution in [2.75, 3.05) is 0 Å². The number of carbonyl (C=O) groups excluding carboxylic acids is 1. The normalized spacial score (nSPS) is 10.8. The van der Waals surface area contributed by atoms with Gasteiger partial charge in [-0.15, -0.1) is 11.3 Å². The first-order chi connectivity index (χ1) is 9.63. The molecule has 20 heavy (non-hydrogen) atoms. The number of hydrogen-bond acceptors (Lipinski definition) is 5. The van der Waals surface area contributed by atoms with Gasteiger partial charge >= 0.3 is 0 Å². The van der Waals surface area contributed by atoms with Crippen molar-refractivity contribution in [3.05, 3.63) is 26.6 Å². The molecule has 4 N–H and O–H groups in total. The van der Waals surface area contributed by atoms with Gasteiger partial charge in [-0.05, 0) is 36.5 Å². The summed E-state index contributed by atoms with van der Waals surface area (Å²) >= 11 is 6.61. The van der Waals surface area contributed by atoms with Crippen LogP contribution in [0.2, 0.25) is 0 Å². The average Bonchev–Trinajstić information content (AvgIpc) is 2.89. The Kier molecular flexibility index (Phi) is 5.05. The molecule has 2 aromatic heterocycles. The number of nitrogens with one attached hydrogen (secondary N) is 2. The SMILES string of the molecule is NNC(=O)CCCCCn1c(=S)[nH]c2ccsc2c1=O. The summed E-state index contributed by atoms with van der Waals surface area (Å²) in [5.41, 5.74) is 2.84.